The second-order valence-corrected chi connectivity index (χ2v) is 2.60. The Labute approximate surface area is 74.9 Å². The first-order valence-corrected chi connectivity index (χ1v) is 4.12. The smallest absolute Gasteiger partial charge is 0.164 e. The van der Waals surface area contributed by atoms with Crippen molar-refractivity contribution in [3.8, 4) is 0 Å². The minimum atomic E-state index is -4.40. The van der Waals surface area contributed by atoms with Gasteiger partial charge in [0.1, 0.15) is 0 Å². The highest BCUT2D eigenvalue weighted by Gasteiger charge is 2.32. The van der Waals surface area contributed by atoms with Gasteiger partial charge in [0.25, 0.3) is 0 Å². The minimum Gasteiger partial charge on any atom is -0.164 e. The Morgan fingerprint density at radius 1 is 1.25 bits per heavy atom. The Morgan fingerprint density at radius 2 is 1.92 bits per heavy atom. The van der Waals surface area contributed by atoms with E-state index in [1.54, 1.807) is 0 Å². The normalized spacial score (nSPS) is 11.7. The molecule has 0 saturated heterocycles. The summed E-state index contributed by atoms with van der Waals surface area (Å²) >= 11 is 3.05. The van der Waals surface area contributed by atoms with Crippen molar-refractivity contribution in [2.24, 2.45) is 0 Å². The van der Waals surface area contributed by atoms with Crippen LogP contribution in [-0.2, 0) is 11.5 Å². The fourth-order valence-electron chi connectivity index (χ4n) is 0.582. The van der Waals surface area contributed by atoms with E-state index in [4.69, 9.17) is 0 Å². The summed E-state index contributed by atoms with van der Waals surface area (Å²) in [5.74, 6) is 0. The van der Waals surface area contributed by atoms with Crippen LogP contribution in [0.1, 0.15) is 11.4 Å². The van der Waals surface area contributed by atoms with Crippen molar-refractivity contribution >= 4 is 15.9 Å². The number of aromatic nitrogens is 2. The topological polar surface area (TPSA) is 25.8 Å². The number of hydrogen-bond donors (Lipinski definition) is 0. The molecule has 0 spiro atoms. The molecule has 12 heavy (non-hydrogen) atoms. The van der Waals surface area contributed by atoms with Crippen LogP contribution < -0.4 is 0 Å². The first kappa shape index (κ1) is 9.44. The third-order valence-corrected chi connectivity index (χ3v) is 1.72. The van der Waals surface area contributed by atoms with Crippen molar-refractivity contribution in [2.45, 2.75) is 11.5 Å². The summed E-state index contributed by atoms with van der Waals surface area (Å²) in [4.78, 5) is 0. The zero-order valence-electron chi connectivity index (χ0n) is 5.77. The van der Waals surface area contributed by atoms with Crippen molar-refractivity contribution in [1.82, 2.24) is 10.2 Å². The van der Waals surface area contributed by atoms with Crippen LogP contribution >= 0.6 is 15.9 Å². The first-order valence-electron chi connectivity index (χ1n) is 3.00. The van der Waals surface area contributed by atoms with E-state index in [2.05, 4.69) is 26.1 Å². The van der Waals surface area contributed by atoms with Gasteiger partial charge in [-0.25, -0.2) is 0 Å². The largest absolute Gasteiger partial charge is 0.435 e. The van der Waals surface area contributed by atoms with Crippen molar-refractivity contribution < 1.29 is 13.2 Å². The fraction of sp³-hybridized carbons (Fsp3) is 0.333. The van der Waals surface area contributed by atoms with Gasteiger partial charge >= 0.3 is 6.18 Å². The molecule has 0 unspecified atom stereocenters. The van der Waals surface area contributed by atoms with Crippen LogP contribution in [0.25, 0.3) is 0 Å². The van der Waals surface area contributed by atoms with E-state index in [1.807, 2.05) is 0 Å². The highest BCUT2D eigenvalue weighted by Crippen LogP contribution is 2.26. The third kappa shape index (κ3) is 2.17. The Balaban J connectivity index is 2.93. The summed E-state index contributed by atoms with van der Waals surface area (Å²) in [5, 5.41) is 6.76. The average molecular weight is 241 g/mol. The summed E-state index contributed by atoms with van der Waals surface area (Å²) in [6.07, 6.45) is -4.40. The lowest BCUT2D eigenvalue weighted by Crippen LogP contribution is -2.09. The molecule has 0 bridgehead atoms. The Kier molecular flexibility index (Phi) is 2.66. The molecule has 66 valence electrons. The van der Waals surface area contributed by atoms with Crippen LogP contribution in [0, 0.1) is 0 Å². The van der Waals surface area contributed by atoms with Gasteiger partial charge in [-0.15, -0.1) is 5.10 Å². The number of halogens is 4. The Hall–Kier alpha value is -0.650. The van der Waals surface area contributed by atoms with E-state index < -0.39 is 11.9 Å². The van der Waals surface area contributed by atoms with Gasteiger partial charge in [0.15, 0.2) is 5.69 Å². The van der Waals surface area contributed by atoms with Crippen LogP contribution in [0.3, 0.4) is 0 Å². The van der Waals surface area contributed by atoms with E-state index in [0.717, 1.165) is 6.07 Å². The van der Waals surface area contributed by atoms with Gasteiger partial charge in [0, 0.05) is 5.33 Å². The second kappa shape index (κ2) is 3.38. The molecule has 0 aliphatic rings. The highest BCUT2D eigenvalue weighted by molar-refractivity contribution is 9.08. The quantitative estimate of drug-likeness (QED) is 0.705. The van der Waals surface area contributed by atoms with E-state index >= 15 is 0 Å². The molecule has 1 heterocycles. The van der Waals surface area contributed by atoms with E-state index in [-0.39, 0.29) is 0 Å². The molecular weight excluding hydrogens is 237 g/mol. The summed E-state index contributed by atoms with van der Waals surface area (Å²) in [6, 6.07) is 2.19. The number of rotatable bonds is 1. The number of alkyl halides is 4. The molecule has 2 nitrogen and oxygen atoms in total. The first-order chi connectivity index (χ1) is 5.54. The van der Waals surface area contributed by atoms with Crippen molar-refractivity contribution in [3.63, 3.8) is 0 Å². The monoisotopic (exact) mass is 240 g/mol. The lowest BCUT2D eigenvalue weighted by molar-refractivity contribution is -0.141. The van der Waals surface area contributed by atoms with Crippen molar-refractivity contribution in [2.75, 3.05) is 0 Å². The molecule has 6 heteroatoms. The summed E-state index contributed by atoms with van der Waals surface area (Å²) < 4.78 is 35.7. The number of hydrogen-bond acceptors (Lipinski definition) is 2. The van der Waals surface area contributed by atoms with Gasteiger partial charge in [-0.2, -0.15) is 18.3 Å². The van der Waals surface area contributed by atoms with Crippen LogP contribution in [0.5, 0.6) is 0 Å². The predicted molar refractivity (Wildman–Crippen MR) is 39.7 cm³/mol. The van der Waals surface area contributed by atoms with Crippen molar-refractivity contribution in [3.05, 3.63) is 23.5 Å². The SMILES string of the molecule is FC(F)(F)c1ccc(CBr)nn1. The summed E-state index contributed by atoms with van der Waals surface area (Å²) in [5.41, 5.74) is -0.491. The molecule has 0 radical (unpaired) electrons. The Bertz CT molecular complexity index is 256. The average Bonchev–Trinajstić information content (AvgIpc) is 2.03. The number of nitrogens with zero attached hydrogens (tertiary/aromatic N) is 2. The van der Waals surface area contributed by atoms with Gasteiger partial charge in [-0.05, 0) is 12.1 Å². The summed E-state index contributed by atoms with van der Waals surface area (Å²) in [7, 11) is 0. The highest BCUT2D eigenvalue weighted by atomic mass is 79.9. The molecule has 0 aromatic carbocycles. The predicted octanol–water partition coefficient (Wildman–Crippen LogP) is 2.39. The van der Waals surface area contributed by atoms with Gasteiger partial charge < -0.3 is 0 Å². The van der Waals surface area contributed by atoms with Crippen LogP contribution in [0.4, 0.5) is 13.2 Å². The molecule has 0 atom stereocenters. The molecular formula is C6H4BrF3N2. The van der Waals surface area contributed by atoms with Crippen molar-refractivity contribution in [1.29, 1.82) is 0 Å². The molecule has 0 aliphatic carbocycles. The molecule has 1 aromatic heterocycles. The third-order valence-electron chi connectivity index (χ3n) is 1.15. The van der Waals surface area contributed by atoms with Gasteiger partial charge in [-0.3, -0.25) is 0 Å². The molecule has 0 fully saturated rings. The zero-order chi connectivity index (χ0) is 9.19. The maximum Gasteiger partial charge on any atom is 0.435 e. The molecule has 0 N–H and O–H groups in total. The van der Waals surface area contributed by atoms with Gasteiger partial charge in [0.05, 0.1) is 5.69 Å². The summed E-state index contributed by atoms with van der Waals surface area (Å²) in [6.45, 7) is 0. The maximum atomic E-state index is 11.9. The van der Waals surface area contributed by atoms with Gasteiger partial charge in [-0.1, -0.05) is 15.9 Å². The van der Waals surface area contributed by atoms with E-state index in [0.29, 0.717) is 11.0 Å². The fourth-order valence-corrected chi connectivity index (χ4v) is 0.881. The van der Waals surface area contributed by atoms with E-state index in [1.165, 1.54) is 6.07 Å². The molecule has 0 saturated carbocycles. The zero-order valence-corrected chi connectivity index (χ0v) is 7.35. The minimum absolute atomic E-state index is 0.401. The lowest BCUT2D eigenvalue weighted by atomic mass is 10.3. The maximum absolute atomic E-state index is 11.9. The molecule has 0 aliphatic heterocycles. The van der Waals surface area contributed by atoms with Gasteiger partial charge in [0.2, 0.25) is 0 Å². The molecule has 1 aromatic rings. The van der Waals surface area contributed by atoms with Crippen LogP contribution in [0.15, 0.2) is 12.1 Å². The lowest BCUT2D eigenvalue weighted by Gasteiger charge is -2.03. The van der Waals surface area contributed by atoms with Crippen LogP contribution in [-0.4, -0.2) is 10.2 Å². The molecule has 0 amide bonds. The molecule has 1 rings (SSSR count). The second-order valence-electron chi connectivity index (χ2n) is 2.04. The Morgan fingerprint density at radius 3 is 2.25 bits per heavy atom. The standard InChI is InChI=1S/C6H4BrF3N2/c7-3-4-1-2-5(12-11-4)6(8,9)10/h1-2H,3H2. The van der Waals surface area contributed by atoms with E-state index in [9.17, 15) is 13.2 Å². The van der Waals surface area contributed by atoms with Crippen LogP contribution in [0.2, 0.25) is 0 Å².